The van der Waals surface area contributed by atoms with Crippen molar-refractivity contribution in [2.75, 3.05) is 0 Å². The summed E-state index contributed by atoms with van der Waals surface area (Å²) < 4.78 is 18.6. The number of aryl methyl sites for hydroxylation is 1. The van der Waals surface area contributed by atoms with Crippen molar-refractivity contribution in [1.82, 2.24) is 0 Å². The van der Waals surface area contributed by atoms with Crippen LogP contribution < -0.4 is 0 Å². The van der Waals surface area contributed by atoms with Crippen LogP contribution in [0.1, 0.15) is 37.2 Å². The summed E-state index contributed by atoms with van der Waals surface area (Å²) >= 11 is 0. The minimum absolute atomic E-state index is 0.284. The van der Waals surface area contributed by atoms with Gasteiger partial charge in [-0.1, -0.05) is 13.3 Å². The fraction of sp³-hybridized carbons (Fsp3) is 0.385. The minimum Gasteiger partial charge on any atom is -0.458 e. The first-order chi connectivity index (χ1) is 7.63. The van der Waals surface area contributed by atoms with Crippen molar-refractivity contribution >= 4 is 11.0 Å². The van der Waals surface area contributed by atoms with E-state index in [9.17, 15) is 9.50 Å². The van der Waals surface area contributed by atoms with Gasteiger partial charge in [0.1, 0.15) is 23.3 Å². The molecule has 0 saturated carbocycles. The molecular weight excluding hydrogens is 207 g/mol. The highest BCUT2D eigenvalue weighted by molar-refractivity contribution is 5.82. The van der Waals surface area contributed by atoms with Crippen LogP contribution in [0.3, 0.4) is 0 Å². The number of fused-ring (bicyclic) bond motifs is 1. The van der Waals surface area contributed by atoms with Crippen LogP contribution in [0.4, 0.5) is 4.39 Å². The van der Waals surface area contributed by atoms with Gasteiger partial charge in [-0.25, -0.2) is 4.39 Å². The molecule has 1 heterocycles. The van der Waals surface area contributed by atoms with Crippen molar-refractivity contribution in [1.29, 1.82) is 0 Å². The third kappa shape index (κ3) is 1.83. The lowest BCUT2D eigenvalue weighted by atomic mass is 10.1. The second kappa shape index (κ2) is 4.26. The van der Waals surface area contributed by atoms with Gasteiger partial charge in [-0.3, -0.25) is 0 Å². The van der Waals surface area contributed by atoms with Gasteiger partial charge in [0.05, 0.1) is 0 Å². The highest BCUT2D eigenvalue weighted by atomic mass is 19.1. The average molecular weight is 222 g/mol. The normalized spacial score (nSPS) is 13.2. The number of hydrogen-bond donors (Lipinski definition) is 1. The average Bonchev–Trinajstić information content (AvgIpc) is 2.57. The van der Waals surface area contributed by atoms with Gasteiger partial charge in [0.25, 0.3) is 0 Å². The molecule has 1 atom stereocenters. The Bertz CT molecular complexity index is 502. The summed E-state index contributed by atoms with van der Waals surface area (Å²) in [7, 11) is 0. The van der Waals surface area contributed by atoms with E-state index < -0.39 is 6.10 Å². The molecule has 0 bridgehead atoms. The SMILES string of the molecule is CCCC(O)c1oc2ccc(F)cc2c1C. The molecule has 86 valence electrons. The summed E-state index contributed by atoms with van der Waals surface area (Å²) in [5.74, 6) is 0.274. The largest absolute Gasteiger partial charge is 0.458 e. The number of aliphatic hydroxyl groups excluding tert-OH is 1. The number of furan rings is 1. The molecule has 16 heavy (non-hydrogen) atoms. The number of hydrogen-bond acceptors (Lipinski definition) is 2. The van der Waals surface area contributed by atoms with Gasteiger partial charge in [-0.15, -0.1) is 0 Å². The van der Waals surface area contributed by atoms with E-state index in [0.717, 1.165) is 17.4 Å². The van der Waals surface area contributed by atoms with Crippen molar-refractivity contribution in [3.05, 3.63) is 35.3 Å². The maximum atomic E-state index is 13.1. The first kappa shape index (κ1) is 11.1. The van der Waals surface area contributed by atoms with E-state index in [1.807, 2.05) is 13.8 Å². The quantitative estimate of drug-likeness (QED) is 0.858. The van der Waals surface area contributed by atoms with E-state index in [0.29, 0.717) is 17.8 Å². The molecule has 0 fully saturated rings. The molecule has 0 aliphatic heterocycles. The van der Waals surface area contributed by atoms with E-state index in [1.165, 1.54) is 12.1 Å². The Labute approximate surface area is 93.7 Å². The molecule has 3 heteroatoms. The topological polar surface area (TPSA) is 33.4 Å². The Kier molecular flexibility index (Phi) is 2.97. The summed E-state index contributed by atoms with van der Waals surface area (Å²) in [6, 6.07) is 4.40. The van der Waals surface area contributed by atoms with E-state index in [2.05, 4.69) is 0 Å². The number of rotatable bonds is 3. The maximum Gasteiger partial charge on any atom is 0.136 e. The smallest absolute Gasteiger partial charge is 0.136 e. The highest BCUT2D eigenvalue weighted by Gasteiger charge is 2.17. The van der Waals surface area contributed by atoms with Crippen molar-refractivity contribution in [3.63, 3.8) is 0 Å². The van der Waals surface area contributed by atoms with E-state index in [4.69, 9.17) is 4.42 Å². The summed E-state index contributed by atoms with van der Waals surface area (Å²) in [4.78, 5) is 0. The molecule has 0 amide bonds. The van der Waals surface area contributed by atoms with Gasteiger partial charge in [0, 0.05) is 10.9 Å². The zero-order valence-corrected chi connectivity index (χ0v) is 9.46. The maximum absolute atomic E-state index is 13.1. The third-order valence-corrected chi connectivity index (χ3v) is 2.80. The fourth-order valence-corrected chi connectivity index (χ4v) is 1.93. The van der Waals surface area contributed by atoms with Gasteiger partial charge in [-0.05, 0) is 31.5 Å². The summed E-state index contributed by atoms with van der Waals surface area (Å²) in [5, 5.41) is 10.6. The van der Waals surface area contributed by atoms with Crippen LogP contribution >= 0.6 is 0 Å². The number of halogens is 1. The van der Waals surface area contributed by atoms with Crippen LogP contribution in [0.2, 0.25) is 0 Å². The van der Waals surface area contributed by atoms with Crippen LogP contribution in [0.25, 0.3) is 11.0 Å². The summed E-state index contributed by atoms with van der Waals surface area (Å²) in [6.07, 6.45) is 0.940. The van der Waals surface area contributed by atoms with Gasteiger partial charge in [-0.2, -0.15) is 0 Å². The van der Waals surface area contributed by atoms with Crippen molar-refractivity contribution < 1.29 is 13.9 Å². The Balaban J connectivity index is 2.51. The lowest BCUT2D eigenvalue weighted by Crippen LogP contribution is -1.96. The van der Waals surface area contributed by atoms with E-state index in [-0.39, 0.29) is 5.82 Å². The second-order valence-corrected chi connectivity index (χ2v) is 4.04. The van der Waals surface area contributed by atoms with Gasteiger partial charge >= 0.3 is 0 Å². The van der Waals surface area contributed by atoms with Crippen LogP contribution in [0.5, 0.6) is 0 Å². The van der Waals surface area contributed by atoms with Crippen molar-refractivity contribution in [3.8, 4) is 0 Å². The molecule has 0 aliphatic rings. The van der Waals surface area contributed by atoms with Gasteiger partial charge in [0.15, 0.2) is 0 Å². The van der Waals surface area contributed by atoms with Gasteiger partial charge < -0.3 is 9.52 Å². The highest BCUT2D eigenvalue weighted by Crippen LogP contribution is 2.31. The first-order valence-corrected chi connectivity index (χ1v) is 5.50. The monoisotopic (exact) mass is 222 g/mol. The molecule has 0 aliphatic carbocycles. The predicted octanol–water partition coefficient (Wildman–Crippen LogP) is 3.71. The zero-order valence-electron chi connectivity index (χ0n) is 9.46. The molecule has 0 spiro atoms. The Morgan fingerprint density at radius 1 is 1.44 bits per heavy atom. The second-order valence-electron chi connectivity index (χ2n) is 4.04. The molecule has 1 aromatic heterocycles. The lowest BCUT2D eigenvalue weighted by Gasteiger charge is -2.06. The zero-order chi connectivity index (χ0) is 11.7. The molecule has 2 aromatic rings. The molecule has 0 radical (unpaired) electrons. The van der Waals surface area contributed by atoms with Crippen LogP contribution in [-0.4, -0.2) is 5.11 Å². The van der Waals surface area contributed by atoms with Crippen LogP contribution in [-0.2, 0) is 0 Å². The fourth-order valence-electron chi connectivity index (χ4n) is 1.93. The van der Waals surface area contributed by atoms with Crippen LogP contribution in [0.15, 0.2) is 22.6 Å². The molecule has 0 saturated heterocycles. The predicted molar refractivity (Wildman–Crippen MR) is 60.8 cm³/mol. The van der Waals surface area contributed by atoms with E-state index in [1.54, 1.807) is 6.07 Å². The lowest BCUT2D eigenvalue weighted by molar-refractivity contribution is 0.141. The van der Waals surface area contributed by atoms with Crippen molar-refractivity contribution in [2.45, 2.75) is 32.8 Å². The molecule has 2 rings (SSSR count). The van der Waals surface area contributed by atoms with Crippen molar-refractivity contribution in [2.24, 2.45) is 0 Å². The van der Waals surface area contributed by atoms with Gasteiger partial charge in [0.2, 0.25) is 0 Å². The Hall–Kier alpha value is -1.35. The Morgan fingerprint density at radius 2 is 2.19 bits per heavy atom. The first-order valence-electron chi connectivity index (χ1n) is 5.50. The third-order valence-electron chi connectivity index (χ3n) is 2.80. The minimum atomic E-state index is -0.597. The number of benzene rings is 1. The molecule has 2 nitrogen and oxygen atoms in total. The summed E-state index contributed by atoms with van der Waals surface area (Å²) in [5.41, 5.74) is 1.46. The standard InChI is InChI=1S/C13H15FO2/c1-3-4-11(15)13-8(2)10-7-9(14)5-6-12(10)16-13/h5-7,11,15H,3-4H2,1-2H3. The molecule has 1 aromatic carbocycles. The Morgan fingerprint density at radius 3 is 2.88 bits per heavy atom. The van der Waals surface area contributed by atoms with Crippen LogP contribution in [0, 0.1) is 12.7 Å². The number of aliphatic hydroxyl groups is 1. The molecule has 1 N–H and O–H groups in total. The molecule has 1 unspecified atom stereocenters. The molecular formula is C13H15FO2. The summed E-state index contributed by atoms with van der Waals surface area (Å²) in [6.45, 7) is 3.85. The van der Waals surface area contributed by atoms with E-state index >= 15 is 0 Å².